The van der Waals surface area contributed by atoms with E-state index in [1.54, 1.807) is 0 Å². The third kappa shape index (κ3) is 2.03. The number of rotatable bonds is 2. The molecule has 1 aliphatic heterocycles. The number of nitrogens with zero attached hydrogens (tertiary/aromatic N) is 4. The van der Waals surface area contributed by atoms with Crippen LogP contribution in [-0.2, 0) is 0 Å². The highest BCUT2D eigenvalue weighted by atomic mass is 15.2. The van der Waals surface area contributed by atoms with Gasteiger partial charge >= 0.3 is 0 Å². The summed E-state index contributed by atoms with van der Waals surface area (Å²) in [5.41, 5.74) is 4.35. The van der Waals surface area contributed by atoms with E-state index >= 15 is 0 Å². The van der Waals surface area contributed by atoms with Crippen molar-refractivity contribution in [3.05, 3.63) is 54.0 Å². The molecule has 0 amide bonds. The third-order valence-corrected chi connectivity index (χ3v) is 4.62. The van der Waals surface area contributed by atoms with E-state index in [2.05, 4.69) is 58.8 Å². The van der Waals surface area contributed by atoms with Crippen molar-refractivity contribution in [2.24, 2.45) is 0 Å². The van der Waals surface area contributed by atoms with Crippen LogP contribution in [0.25, 0.3) is 16.9 Å². The Morgan fingerprint density at radius 1 is 1.14 bits per heavy atom. The molecule has 4 nitrogen and oxygen atoms in total. The van der Waals surface area contributed by atoms with Crippen LogP contribution in [0.15, 0.2) is 42.6 Å². The molecule has 1 aliphatic rings. The van der Waals surface area contributed by atoms with Gasteiger partial charge in [-0.1, -0.05) is 18.2 Å². The quantitative estimate of drug-likeness (QED) is 0.725. The molecule has 4 heteroatoms. The molecule has 1 saturated heterocycles. The summed E-state index contributed by atoms with van der Waals surface area (Å²) in [6.45, 7) is 3.28. The molecule has 3 aromatic rings. The van der Waals surface area contributed by atoms with Gasteiger partial charge in [0.05, 0.1) is 11.7 Å². The zero-order valence-corrected chi connectivity index (χ0v) is 13.0. The van der Waals surface area contributed by atoms with Crippen LogP contribution in [0.5, 0.6) is 0 Å². The molecule has 1 unspecified atom stereocenters. The van der Waals surface area contributed by atoms with Gasteiger partial charge in [0, 0.05) is 6.20 Å². The fourth-order valence-corrected chi connectivity index (χ4v) is 3.44. The van der Waals surface area contributed by atoms with Gasteiger partial charge in [-0.2, -0.15) is 0 Å². The predicted octanol–water partition coefficient (Wildman–Crippen LogP) is 3.50. The Balaban J connectivity index is 2.00. The van der Waals surface area contributed by atoms with E-state index in [1.807, 2.05) is 12.3 Å². The van der Waals surface area contributed by atoms with E-state index in [-0.39, 0.29) is 0 Å². The van der Waals surface area contributed by atoms with Crippen LogP contribution in [0, 0.1) is 6.92 Å². The summed E-state index contributed by atoms with van der Waals surface area (Å²) in [4.78, 5) is 11.9. The van der Waals surface area contributed by atoms with Crippen LogP contribution in [0.4, 0.5) is 0 Å². The maximum atomic E-state index is 4.92. The van der Waals surface area contributed by atoms with Crippen LogP contribution in [0.2, 0.25) is 0 Å². The lowest BCUT2D eigenvalue weighted by molar-refractivity contribution is 0.304. The lowest BCUT2D eigenvalue weighted by atomic mass is 10.1. The number of para-hydroxylation sites is 1. The van der Waals surface area contributed by atoms with Crippen LogP contribution >= 0.6 is 0 Å². The second kappa shape index (κ2) is 5.21. The molecule has 22 heavy (non-hydrogen) atoms. The number of aromatic nitrogens is 3. The monoisotopic (exact) mass is 292 g/mol. The van der Waals surface area contributed by atoms with Crippen LogP contribution in [-0.4, -0.2) is 33.0 Å². The van der Waals surface area contributed by atoms with Crippen LogP contribution < -0.4 is 0 Å². The molecule has 2 aromatic heterocycles. The topological polar surface area (TPSA) is 34.0 Å². The average Bonchev–Trinajstić information content (AvgIpc) is 3.11. The second-order valence-corrected chi connectivity index (χ2v) is 6.08. The van der Waals surface area contributed by atoms with Gasteiger partial charge in [-0.05, 0) is 57.1 Å². The summed E-state index contributed by atoms with van der Waals surface area (Å²) in [5.74, 6) is 1.11. The first-order valence-electron chi connectivity index (χ1n) is 7.85. The fourth-order valence-electron chi connectivity index (χ4n) is 3.44. The maximum Gasteiger partial charge on any atom is 0.164 e. The molecule has 4 rings (SSSR count). The molecule has 0 aliphatic carbocycles. The number of hydrogen-bond acceptors (Lipinski definition) is 3. The largest absolute Gasteiger partial charge is 0.297 e. The van der Waals surface area contributed by atoms with Gasteiger partial charge in [-0.15, -0.1) is 0 Å². The number of aryl methyl sites for hydroxylation is 1. The lowest BCUT2D eigenvalue weighted by Gasteiger charge is -2.21. The molecular formula is C18H20N4. The first kappa shape index (κ1) is 13.5. The number of hydrogen-bond donors (Lipinski definition) is 0. The third-order valence-electron chi connectivity index (χ3n) is 4.62. The van der Waals surface area contributed by atoms with Gasteiger partial charge in [0.15, 0.2) is 5.65 Å². The van der Waals surface area contributed by atoms with E-state index in [0.29, 0.717) is 6.04 Å². The van der Waals surface area contributed by atoms with Crippen molar-refractivity contribution in [1.29, 1.82) is 0 Å². The summed E-state index contributed by atoms with van der Waals surface area (Å²) in [6, 6.07) is 12.8. The Kier molecular flexibility index (Phi) is 3.19. The minimum Gasteiger partial charge on any atom is -0.297 e. The van der Waals surface area contributed by atoms with E-state index in [4.69, 9.17) is 4.98 Å². The minimum atomic E-state index is 0.369. The first-order chi connectivity index (χ1) is 10.8. The Hall–Kier alpha value is -2.20. The molecule has 0 spiro atoms. The first-order valence-corrected chi connectivity index (χ1v) is 7.85. The molecule has 0 N–H and O–H groups in total. The van der Waals surface area contributed by atoms with Gasteiger partial charge in [0.2, 0.25) is 0 Å². The van der Waals surface area contributed by atoms with E-state index in [0.717, 1.165) is 30.0 Å². The predicted molar refractivity (Wildman–Crippen MR) is 88.2 cm³/mol. The van der Waals surface area contributed by atoms with E-state index < -0.39 is 0 Å². The van der Waals surface area contributed by atoms with Gasteiger partial charge in [0.1, 0.15) is 11.3 Å². The Morgan fingerprint density at radius 3 is 2.77 bits per heavy atom. The minimum absolute atomic E-state index is 0.369. The summed E-state index contributed by atoms with van der Waals surface area (Å²) in [6.07, 6.45) is 4.23. The second-order valence-electron chi connectivity index (χ2n) is 6.08. The smallest absolute Gasteiger partial charge is 0.164 e. The Bertz CT molecular complexity index is 821. The average molecular weight is 292 g/mol. The highest BCUT2D eigenvalue weighted by Gasteiger charge is 2.29. The number of pyridine rings is 1. The highest BCUT2D eigenvalue weighted by Crippen LogP contribution is 2.33. The number of fused-ring (bicyclic) bond motifs is 1. The van der Waals surface area contributed by atoms with Crippen molar-refractivity contribution >= 4 is 11.2 Å². The zero-order valence-electron chi connectivity index (χ0n) is 13.0. The zero-order chi connectivity index (χ0) is 15.1. The molecule has 0 bridgehead atoms. The SMILES string of the molecule is Cc1ccccc1-n1c(C2CCCN2C)nc2cccnc21. The van der Waals surface area contributed by atoms with Crippen molar-refractivity contribution in [3.63, 3.8) is 0 Å². The summed E-state index contributed by atoms with van der Waals surface area (Å²) >= 11 is 0. The molecule has 0 radical (unpaired) electrons. The standard InChI is InChI=1S/C18H20N4/c1-13-7-3-4-9-15(13)22-17-14(8-5-11-19-17)20-18(22)16-10-6-12-21(16)2/h3-5,7-9,11,16H,6,10,12H2,1-2H3. The highest BCUT2D eigenvalue weighted by molar-refractivity contribution is 5.74. The van der Waals surface area contributed by atoms with Crippen molar-refractivity contribution in [3.8, 4) is 5.69 Å². The number of likely N-dealkylation sites (tertiary alicyclic amines) is 1. The van der Waals surface area contributed by atoms with E-state index in [1.165, 1.54) is 17.7 Å². The van der Waals surface area contributed by atoms with Crippen molar-refractivity contribution in [2.45, 2.75) is 25.8 Å². The summed E-state index contributed by atoms with van der Waals surface area (Å²) < 4.78 is 2.25. The lowest BCUT2D eigenvalue weighted by Crippen LogP contribution is -2.21. The number of benzene rings is 1. The van der Waals surface area contributed by atoms with Crippen LogP contribution in [0.3, 0.4) is 0 Å². The van der Waals surface area contributed by atoms with E-state index in [9.17, 15) is 0 Å². The van der Waals surface area contributed by atoms with Gasteiger partial charge in [-0.3, -0.25) is 9.47 Å². The summed E-state index contributed by atoms with van der Waals surface area (Å²) in [5, 5.41) is 0. The molecule has 1 atom stereocenters. The van der Waals surface area contributed by atoms with Crippen LogP contribution in [0.1, 0.15) is 30.3 Å². The molecular weight excluding hydrogens is 272 g/mol. The normalized spacial score (nSPS) is 19.1. The van der Waals surface area contributed by atoms with Gasteiger partial charge < -0.3 is 0 Å². The summed E-state index contributed by atoms with van der Waals surface area (Å²) in [7, 11) is 2.19. The Morgan fingerprint density at radius 2 is 2.00 bits per heavy atom. The molecule has 0 saturated carbocycles. The molecule has 1 aromatic carbocycles. The maximum absolute atomic E-state index is 4.92. The molecule has 1 fully saturated rings. The Labute approximate surface area is 130 Å². The van der Waals surface area contributed by atoms with Crippen molar-refractivity contribution in [2.75, 3.05) is 13.6 Å². The number of imidazole rings is 1. The molecule has 112 valence electrons. The molecule has 3 heterocycles. The van der Waals surface area contributed by atoms with Crippen molar-refractivity contribution < 1.29 is 0 Å². The van der Waals surface area contributed by atoms with Crippen molar-refractivity contribution in [1.82, 2.24) is 19.4 Å². The fraction of sp³-hybridized carbons (Fsp3) is 0.333. The van der Waals surface area contributed by atoms with Gasteiger partial charge in [0.25, 0.3) is 0 Å². The van der Waals surface area contributed by atoms with Gasteiger partial charge in [-0.25, -0.2) is 9.97 Å².